The number of aldehydes is 1. The van der Waals surface area contributed by atoms with E-state index in [-0.39, 0.29) is 37.5 Å². The molecule has 0 atom stereocenters. The lowest BCUT2D eigenvalue weighted by atomic mass is 10.0. The van der Waals surface area contributed by atoms with Crippen LogP contribution in [0.3, 0.4) is 0 Å². The summed E-state index contributed by atoms with van der Waals surface area (Å²) in [6.07, 6.45) is 13.1. The van der Waals surface area contributed by atoms with Gasteiger partial charge in [0, 0.05) is 14.0 Å². The second-order valence-corrected chi connectivity index (χ2v) is 19.4. The van der Waals surface area contributed by atoms with Gasteiger partial charge in [-0.25, -0.2) is 24.7 Å². The fourth-order valence-corrected chi connectivity index (χ4v) is 8.18. The highest BCUT2D eigenvalue weighted by Gasteiger charge is 2.07. The van der Waals surface area contributed by atoms with Crippen molar-refractivity contribution in [3.8, 4) is 0 Å². The SMILES string of the molecule is C.CCc1ccccc1.F.O=C(NO)c1cccc(CCc2ccccc2)c1.O=C(O)c1cccc(/C=C/c2ccccc2)c1.O=C(O)c1cccc(/C=C\c2ccccc2)c1.O=C(O)c1cccc(CCc2ccccc2)c1.O=Cc1cccc(C(=O)O)c1.[3HH].[Br-].[HH]. The molecule has 0 bridgehead atoms. The van der Waals surface area contributed by atoms with Gasteiger partial charge in [0.2, 0.25) is 0 Å². The number of hydroxylamine groups is 1. The van der Waals surface area contributed by atoms with Crippen molar-refractivity contribution in [3.05, 3.63) is 356 Å². The summed E-state index contributed by atoms with van der Waals surface area (Å²) >= 11 is 0. The molecular formula is C77H78BrFNO11-. The maximum Gasteiger partial charge on any atom is 0.335 e. The van der Waals surface area contributed by atoms with Gasteiger partial charge in [0.05, 0.1) is 22.3 Å². The lowest BCUT2D eigenvalue weighted by Gasteiger charge is -2.04. The third-order valence-electron chi connectivity index (χ3n) is 12.9. The lowest BCUT2D eigenvalue weighted by molar-refractivity contribution is -0.0000886. The Kier molecular flexibility index (Phi) is 36.5. The molecule has 12 nitrogen and oxygen atoms in total. The zero-order chi connectivity index (χ0) is 63.1. The van der Waals surface area contributed by atoms with Crippen LogP contribution in [0.4, 0.5) is 4.70 Å². The van der Waals surface area contributed by atoms with E-state index in [2.05, 4.69) is 55.5 Å². The largest absolute Gasteiger partial charge is 1.00 e. The summed E-state index contributed by atoms with van der Waals surface area (Å²) in [5.41, 5.74) is 13.6. The van der Waals surface area contributed by atoms with E-state index in [1.807, 2.05) is 158 Å². The van der Waals surface area contributed by atoms with E-state index in [0.29, 0.717) is 34.1 Å². The highest BCUT2D eigenvalue weighted by Crippen LogP contribution is 2.15. The number of carbonyl (C=O) groups is 6. The molecule has 0 fully saturated rings. The summed E-state index contributed by atoms with van der Waals surface area (Å²) in [7, 11) is 0. The van der Waals surface area contributed by atoms with Crippen molar-refractivity contribution in [2.75, 3.05) is 0 Å². The Balaban J connectivity index is 0.00000110. The molecule has 0 saturated heterocycles. The Labute approximate surface area is 544 Å². The zero-order valence-electron chi connectivity index (χ0n) is 49.4. The number of carboxylic acids is 4. The van der Waals surface area contributed by atoms with Gasteiger partial charge in [-0.15, -0.1) is 0 Å². The molecule has 6 N–H and O–H groups in total. The average Bonchev–Trinajstić information content (AvgIpc) is 3.49. The molecule has 10 rings (SSSR count). The first-order valence-electron chi connectivity index (χ1n) is 28.1. The van der Waals surface area contributed by atoms with E-state index < -0.39 is 29.8 Å². The lowest BCUT2D eigenvalue weighted by Crippen LogP contribution is -3.00. The summed E-state index contributed by atoms with van der Waals surface area (Å²) in [6, 6.07) is 84.6. The second-order valence-electron chi connectivity index (χ2n) is 19.4. The molecule has 0 radical (unpaired) electrons. The first-order chi connectivity index (χ1) is 42.7. The Morgan fingerprint density at radius 3 is 0.934 bits per heavy atom. The first-order valence-corrected chi connectivity index (χ1v) is 28.1. The first kappa shape index (κ1) is 76.2. The maximum absolute atomic E-state index is 11.3. The third-order valence-corrected chi connectivity index (χ3v) is 12.9. The van der Waals surface area contributed by atoms with Crippen LogP contribution in [0.5, 0.6) is 0 Å². The van der Waals surface area contributed by atoms with Gasteiger partial charge in [-0.1, -0.05) is 251 Å². The molecule has 0 spiro atoms. The molecule has 0 heterocycles. The van der Waals surface area contributed by atoms with Crippen molar-refractivity contribution in [2.45, 2.75) is 46.5 Å². The van der Waals surface area contributed by atoms with Crippen LogP contribution in [0.25, 0.3) is 24.3 Å². The predicted octanol–water partition coefficient (Wildman–Crippen LogP) is 14.6. The number of carboxylic acid groups (broad SMARTS) is 4. The van der Waals surface area contributed by atoms with Gasteiger partial charge in [0.1, 0.15) is 6.29 Å². The minimum atomic E-state index is -1.02. The smallest absolute Gasteiger partial charge is 0.335 e. The van der Waals surface area contributed by atoms with E-state index in [1.54, 1.807) is 78.3 Å². The molecule has 10 aromatic carbocycles. The molecule has 472 valence electrons. The van der Waals surface area contributed by atoms with Crippen LogP contribution in [0.2, 0.25) is 0 Å². The maximum atomic E-state index is 11.3. The number of carbonyl (C=O) groups excluding carboxylic acids is 2. The van der Waals surface area contributed by atoms with Crippen LogP contribution in [-0.4, -0.2) is 61.7 Å². The van der Waals surface area contributed by atoms with Gasteiger partial charge in [-0.2, -0.15) is 0 Å². The quantitative estimate of drug-likeness (QED) is 0.0218. The molecule has 0 aliphatic rings. The second kappa shape index (κ2) is 43.7. The van der Waals surface area contributed by atoms with E-state index in [0.717, 1.165) is 65.5 Å². The predicted molar refractivity (Wildman–Crippen MR) is 362 cm³/mol. The normalized spacial score (nSPS) is 9.74. The number of nitrogens with one attached hydrogen (secondary N) is 1. The van der Waals surface area contributed by atoms with Crippen LogP contribution in [0.1, 0.15) is 129 Å². The number of hydrogen-bond donors (Lipinski definition) is 6. The monoisotopic (exact) mass is 1290 g/mol. The van der Waals surface area contributed by atoms with Gasteiger partial charge in [-0.05, 0) is 143 Å². The number of benzene rings is 10. The van der Waals surface area contributed by atoms with E-state index in [1.165, 1.54) is 34.9 Å². The van der Waals surface area contributed by atoms with E-state index in [4.69, 9.17) is 25.6 Å². The number of rotatable bonds is 17. The Bertz CT molecular complexity index is 3740. The number of amides is 1. The highest BCUT2D eigenvalue weighted by atomic mass is 79.9. The van der Waals surface area contributed by atoms with Crippen molar-refractivity contribution < 1.29 is 78.9 Å². The van der Waals surface area contributed by atoms with Crippen LogP contribution in [-0.2, 0) is 32.1 Å². The van der Waals surface area contributed by atoms with Crippen molar-refractivity contribution in [3.63, 3.8) is 0 Å². The molecule has 0 aliphatic heterocycles. The topological polar surface area (TPSA) is 216 Å². The fourth-order valence-electron chi connectivity index (χ4n) is 8.18. The van der Waals surface area contributed by atoms with Crippen molar-refractivity contribution in [2.24, 2.45) is 0 Å². The molecule has 0 saturated carbocycles. The molecule has 91 heavy (non-hydrogen) atoms. The van der Waals surface area contributed by atoms with Gasteiger partial charge >= 0.3 is 23.9 Å². The van der Waals surface area contributed by atoms with Gasteiger partial charge in [0.15, 0.2) is 0 Å². The Hall–Kier alpha value is -10.9. The summed E-state index contributed by atoms with van der Waals surface area (Å²) in [4.78, 5) is 64.3. The summed E-state index contributed by atoms with van der Waals surface area (Å²) in [6.45, 7) is 2.16. The average molecular weight is 1290 g/mol. The number of hydrogen-bond acceptors (Lipinski definition) is 7. The van der Waals surface area contributed by atoms with E-state index in [9.17, 15) is 28.8 Å². The summed E-state index contributed by atoms with van der Waals surface area (Å²) < 4.78 is 0. The minimum Gasteiger partial charge on any atom is -1.00 e. The summed E-state index contributed by atoms with van der Waals surface area (Å²) in [5.74, 6) is -4.17. The molecule has 1 amide bonds. The molecule has 10 aromatic rings. The Morgan fingerprint density at radius 1 is 0.352 bits per heavy atom. The van der Waals surface area contributed by atoms with Crippen molar-refractivity contribution in [1.82, 2.24) is 5.48 Å². The zero-order valence-corrected chi connectivity index (χ0v) is 51.0. The summed E-state index contributed by atoms with van der Waals surface area (Å²) in [5, 5.41) is 43.7. The molecule has 0 aliphatic carbocycles. The number of aryl methyl sites for hydroxylation is 5. The van der Waals surface area contributed by atoms with Crippen LogP contribution in [0, 0.1) is 0 Å². The van der Waals surface area contributed by atoms with Crippen molar-refractivity contribution >= 4 is 60.4 Å². The van der Waals surface area contributed by atoms with Crippen LogP contribution >= 0.6 is 0 Å². The van der Waals surface area contributed by atoms with Gasteiger partial charge in [-0.3, -0.25) is 19.5 Å². The van der Waals surface area contributed by atoms with Crippen molar-refractivity contribution in [1.29, 1.82) is 0 Å². The molecule has 0 unspecified atom stereocenters. The molecule has 14 heteroatoms. The standard InChI is InChI=1S/C15H15NO2.C15H14O2.2C15H12O2.C8H6O3.C8H10.CH4.BrH.FH.2H2/c17-15(16-18)14-8-4-7-13(11-14)10-9-12-5-2-1-3-6-12;3*16-15(17)14-8-4-7-13(11-14)10-9-12-5-2-1-3-6-12;9-5-6-2-1-3-7(4-6)8(10)11;1-2-8-6-4-3-5-7-8;;;;;/h1-8,11,18H,9-10H2,(H,16,17);1-8,11H,9-10H2,(H,16,17);2*1-11H,(H,16,17);1-5H,(H,10,11);3-7H,2H2,1H3;1H4;4*1H/p-1/b;;10-9+;10-9-;;;;;;;/i;;;;;;;;;1+2;. The van der Waals surface area contributed by atoms with Crippen LogP contribution < -0.4 is 22.5 Å². The van der Waals surface area contributed by atoms with E-state index >= 15 is 0 Å². The van der Waals surface area contributed by atoms with Gasteiger partial charge < -0.3 is 37.4 Å². The van der Waals surface area contributed by atoms with Crippen LogP contribution in [0.15, 0.2) is 273 Å². The Morgan fingerprint density at radius 2 is 0.604 bits per heavy atom. The van der Waals surface area contributed by atoms with Gasteiger partial charge in [0.25, 0.3) is 5.91 Å². The fraction of sp³-hybridized carbons (Fsp3) is 0.0909. The molecular weight excluding hydrogens is 1210 g/mol. The highest BCUT2D eigenvalue weighted by molar-refractivity contribution is 5.93. The minimum absolute atomic E-state index is 0. The third kappa shape index (κ3) is 30.0. The number of halogens is 2. The molecule has 0 aromatic heterocycles. The number of aromatic carboxylic acids is 4.